The molecule has 0 bridgehead atoms. The fourth-order valence-corrected chi connectivity index (χ4v) is 2.78. The SMILES string of the molecule is CCNC(=NCc1ccc(OC)c(C)c1)NCCc1ccccc1OC. The van der Waals surface area contributed by atoms with Gasteiger partial charge in [-0.25, -0.2) is 4.99 Å². The lowest BCUT2D eigenvalue weighted by atomic mass is 10.1. The van der Waals surface area contributed by atoms with Gasteiger partial charge in [-0.2, -0.15) is 0 Å². The van der Waals surface area contributed by atoms with Gasteiger partial charge >= 0.3 is 0 Å². The molecule has 0 unspecified atom stereocenters. The quantitative estimate of drug-likeness (QED) is 0.563. The normalized spacial score (nSPS) is 11.2. The van der Waals surface area contributed by atoms with E-state index in [2.05, 4.69) is 34.7 Å². The molecule has 0 heterocycles. The number of methoxy groups -OCH3 is 2. The number of aliphatic imine (C=N–C) groups is 1. The molecule has 5 nitrogen and oxygen atoms in total. The lowest BCUT2D eigenvalue weighted by Crippen LogP contribution is -2.38. The highest BCUT2D eigenvalue weighted by atomic mass is 16.5. The van der Waals surface area contributed by atoms with Crippen LogP contribution < -0.4 is 20.1 Å². The minimum absolute atomic E-state index is 0.620. The van der Waals surface area contributed by atoms with Gasteiger partial charge in [0.1, 0.15) is 11.5 Å². The first-order valence-electron chi connectivity index (χ1n) is 8.95. The third-order valence-corrected chi connectivity index (χ3v) is 4.10. The van der Waals surface area contributed by atoms with Crippen molar-refractivity contribution in [1.82, 2.24) is 10.6 Å². The van der Waals surface area contributed by atoms with E-state index in [4.69, 9.17) is 9.47 Å². The van der Waals surface area contributed by atoms with Crippen molar-refractivity contribution >= 4 is 5.96 Å². The predicted molar refractivity (Wildman–Crippen MR) is 107 cm³/mol. The van der Waals surface area contributed by atoms with E-state index in [1.54, 1.807) is 14.2 Å². The Morgan fingerprint density at radius 3 is 2.46 bits per heavy atom. The molecule has 0 saturated heterocycles. The Balaban J connectivity index is 1.95. The van der Waals surface area contributed by atoms with Gasteiger partial charge < -0.3 is 20.1 Å². The number of nitrogens with zero attached hydrogens (tertiary/aromatic N) is 1. The molecule has 0 aliphatic carbocycles. The topological polar surface area (TPSA) is 54.9 Å². The van der Waals surface area contributed by atoms with E-state index in [0.717, 1.165) is 48.1 Å². The summed E-state index contributed by atoms with van der Waals surface area (Å²) in [4.78, 5) is 4.68. The molecule has 0 aliphatic heterocycles. The van der Waals surface area contributed by atoms with Crippen LogP contribution in [0.3, 0.4) is 0 Å². The summed E-state index contributed by atoms with van der Waals surface area (Å²) in [6.07, 6.45) is 0.871. The van der Waals surface area contributed by atoms with E-state index >= 15 is 0 Å². The van der Waals surface area contributed by atoms with Crippen molar-refractivity contribution in [2.75, 3.05) is 27.3 Å². The molecule has 0 amide bonds. The first-order valence-corrected chi connectivity index (χ1v) is 8.95. The van der Waals surface area contributed by atoms with Crippen LogP contribution in [0.25, 0.3) is 0 Å². The molecule has 2 rings (SSSR count). The second kappa shape index (κ2) is 10.3. The lowest BCUT2D eigenvalue weighted by Gasteiger charge is -2.13. The Kier molecular flexibility index (Phi) is 7.80. The van der Waals surface area contributed by atoms with Crippen molar-refractivity contribution in [1.29, 1.82) is 0 Å². The fraction of sp³-hybridized carbons (Fsp3) is 0.381. The maximum Gasteiger partial charge on any atom is 0.191 e. The van der Waals surface area contributed by atoms with Gasteiger partial charge in [-0.05, 0) is 49.1 Å². The first-order chi connectivity index (χ1) is 12.7. The maximum atomic E-state index is 5.40. The second-order valence-corrected chi connectivity index (χ2v) is 5.99. The molecule has 0 spiro atoms. The van der Waals surface area contributed by atoms with Crippen LogP contribution >= 0.6 is 0 Å². The Morgan fingerprint density at radius 2 is 1.77 bits per heavy atom. The van der Waals surface area contributed by atoms with Crippen LogP contribution in [0.1, 0.15) is 23.6 Å². The van der Waals surface area contributed by atoms with Crippen LogP contribution in [0.5, 0.6) is 11.5 Å². The summed E-state index contributed by atoms with van der Waals surface area (Å²) in [6.45, 7) is 6.34. The highest BCUT2D eigenvalue weighted by Crippen LogP contribution is 2.19. The zero-order valence-corrected chi connectivity index (χ0v) is 16.1. The third-order valence-electron chi connectivity index (χ3n) is 4.10. The number of guanidine groups is 1. The van der Waals surface area contributed by atoms with Gasteiger partial charge in [0.2, 0.25) is 0 Å². The molecule has 0 radical (unpaired) electrons. The van der Waals surface area contributed by atoms with Crippen LogP contribution in [0.4, 0.5) is 0 Å². The first kappa shape index (κ1) is 19.6. The summed E-state index contributed by atoms with van der Waals surface area (Å²) in [6, 6.07) is 14.2. The van der Waals surface area contributed by atoms with Crippen molar-refractivity contribution in [2.24, 2.45) is 4.99 Å². The largest absolute Gasteiger partial charge is 0.496 e. The second-order valence-electron chi connectivity index (χ2n) is 5.99. The summed E-state index contributed by atoms with van der Waals surface area (Å²) in [5.41, 5.74) is 3.46. The van der Waals surface area contributed by atoms with Crippen LogP contribution in [0.2, 0.25) is 0 Å². The smallest absolute Gasteiger partial charge is 0.191 e. The standard InChI is InChI=1S/C21H29N3O2/c1-5-22-21(23-13-12-18-8-6-7-9-20(18)26-4)24-15-17-10-11-19(25-3)16(2)14-17/h6-11,14H,5,12-13,15H2,1-4H3,(H2,22,23,24). The number of para-hydroxylation sites is 1. The van der Waals surface area contributed by atoms with Crippen LogP contribution in [-0.4, -0.2) is 33.3 Å². The van der Waals surface area contributed by atoms with E-state index < -0.39 is 0 Å². The van der Waals surface area contributed by atoms with Gasteiger partial charge in [0.05, 0.1) is 20.8 Å². The molecule has 0 fully saturated rings. The number of benzene rings is 2. The number of ether oxygens (including phenoxy) is 2. The zero-order chi connectivity index (χ0) is 18.8. The van der Waals surface area contributed by atoms with Crippen LogP contribution in [-0.2, 0) is 13.0 Å². The van der Waals surface area contributed by atoms with E-state index in [1.165, 1.54) is 5.56 Å². The van der Waals surface area contributed by atoms with Crippen molar-refractivity contribution in [2.45, 2.75) is 26.8 Å². The molecule has 2 N–H and O–H groups in total. The number of nitrogens with one attached hydrogen (secondary N) is 2. The maximum absolute atomic E-state index is 5.40. The van der Waals surface area contributed by atoms with E-state index in [1.807, 2.05) is 37.3 Å². The highest BCUT2D eigenvalue weighted by molar-refractivity contribution is 5.79. The molecule has 0 aliphatic rings. The third kappa shape index (κ3) is 5.69. The van der Waals surface area contributed by atoms with Crippen molar-refractivity contribution < 1.29 is 9.47 Å². The Morgan fingerprint density at radius 1 is 1.00 bits per heavy atom. The number of rotatable bonds is 8. The Hall–Kier alpha value is -2.69. The molecule has 0 aromatic heterocycles. The fourth-order valence-electron chi connectivity index (χ4n) is 2.78. The number of hydrogen-bond acceptors (Lipinski definition) is 3. The van der Waals surface area contributed by atoms with Gasteiger partial charge in [-0.15, -0.1) is 0 Å². The summed E-state index contributed by atoms with van der Waals surface area (Å²) < 4.78 is 10.7. The van der Waals surface area contributed by atoms with Gasteiger partial charge in [0, 0.05) is 13.1 Å². The van der Waals surface area contributed by atoms with Gasteiger partial charge in [-0.3, -0.25) is 0 Å². The average molecular weight is 355 g/mol. The predicted octanol–water partition coefficient (Wildman–Crippen LogP) is 3.31. The van der Waals surface area contributed by atoms with Crippen LogP contribution in [0, 0.1) is 6.92 Å². The van der Waals surface area contributed by atoms with Crippen molar-refractivity contribution in [3.8, 4) is 11.5 Å². The Bertz CT molecular complexity index is 729. The van der Waals surface area contributed by atoms with Gasteiger partial charge in [0.15, 0.2) is 5.96 Å². The summed E-state index contributed by atoms with van der Waals surface area (Å²) in [5, 5.41) is 6.67. The summed E-state index contributed by atoms with van der Waals surface area (Å²) in [7, 11) is 3.39. The average Bonchev–Trinajstić information content (AvgIpc) is 2.66. The molecular weight excluding hydrogens is 326 g/mol. The van der Waals surface area contributed by atoms with E-state index in [0.29, 0.717) is 6.54 Å². The van der Waals surface area contributed by atoms with Gasteiger partial charge in [-0.1, -0.05) is 30.3 Å². The molecule has 0 atom stereocenters. The lowest BCUT2D eigenvalue weighted by molar-refractivity contribution is 0.409. The minimum Gasteiger partial charge on any atom is -0.496 e. The monoisotopic (exact) mass is 355 g/mol. The molecule has 26 heavy (non-hydrogen) atoms. The van der Waals surface area contributed by atoms with Crippen LogP contribution in [0.15, 0.2) is 47.5 Å². The molecule has 5 heteroatoms. The Labute approximate surface area is 156 Å². The summed E-state index contributed by atoms with van der Waals surface area (Å²) in [5.74, 6) is 2.64. The van der Waals surface area contributed by atoms with Crippen molar-refractivity contribution in [3.63, 3.8) is 0 Å². The number of aryl methyl sites for hydroxylation is 1. The zero-order valence-electron chi connectivity index (χ0n) is 16.1. The number of hydrogen-bond donors (Lipinski definition) is 2. The minimum atomic E-state index is 0.620. The summed E-state index contributed by atoms with van der Waals surface area (Å²) >= 11 is 0. The molecule has 140 valence electrons. The molecule has 0 saturated carbocycles. The van der Waals surface area contributed by atoms with Gasteiger partial charge in [0.25, 0.3) is 0 Å². The highest BCUT2D eigenvalue weighted by Gasteiger charge is 2.03. The molecule has 2 aromatic carbocycles. The van der Waals surface area contributed by atoms with E-state index in [9.17, 15) is 0 Å². The van der Waals surface area contributed by atoms with E-state index in [-0.39, 0.29) is 0 Å². The molecule has 2 aromatic rings. The molecular formula is C21H29N3O2. The van der Waals surface area contributed by atoms with Crippen molar-refractivity contribution in [3.05, 3.63) is 59.2 Å².